The first-order valence-electron chi connectivity index (χ1n) is 20.8. The number of nitrogens with one attached hydrogen (secondary N) is 2. The van der Waals surface area contributed by atoms with Crippen molar-refractivity contribution in [1.82, 2.24) is 10.6 Å². The lowest BCUT2D eigenvalue weighted by Gasteiger charge is -2.32. The number of carbonyl (C=O) groups excluding carboxylic acids is 4. The molecule has 2 N–H and O–H groups in total. The zero-order valence-corrected chi connectivity index (χ0v) is 37.4. The summed E-state index contributed by atoms with van der Waals surface area (Å²) in [6.45, 7) is 6.23. The van der Waals surface area contributed by atoms with Crippen LogP contribution in [0.1, 0.15) is 95.9 Å². The molecule has 2 aliphatic carbocycles. The van der Waals surface area contributed by atoms with E-state index < -0.39 is 23.9 Å². The van der Waals surface area contributed by atoms with Crippen molar-refractivity contribution >= 4 is 69.9 Å². The van der Waals surface area contributed by atoms with Crippen LogP contribution in [0.5, 0.6) is 11.5 Å². The number of carbonyl (C=O) groups is 4. The van der Waals surface area contributed by atoms with Crippen LogP contribution in [0, 0.1) is 30.6 Å². The second kappa shape index (κ2) is 23.3. The van der Waals surface area contributed by atoms with Gasteiger partial charge >= 0.3 is 11.8 Å². The number of anilines is 2. The lowest BCUT2D eigenvalue weighted by molar-refractivity contribution is -0.125. The minimum Gasteiger partial charge on any atom is -0.454 e. The van der Waals surface area contributed by atoms with Gasteiger partial charge in [0.1, 0.15) is 6.04 Å². The normalized spacial score (nSPS) is 18.0. The number of hydrogen-bond donors (Lipinski definition) is 2. The van der Waals surface area contributed by atoms with Crippen LogP contribution in [0.15, 0.2) is 75.9 Å². The average molecular weight is 869 g/mol. The highest BCUT2D eigenvalue weighted by atomic mass is 32.2. The standard InChI is InChI=1S/C23H26N2O4S.C22H24N2O2S2.C2H6/c1-3-21(26)25(17-9-10-18-19(12-17)29-14-28-18)22(20-11-15(2)13-30-20)23(27)24-16-7-5-4-6-8-16;1-3-20(25)24(17-12-7-8-13-18(17)27-2)21(19-14-9-15-28-19)22(26)23-16-10-5-4-6-11-16;1-2/h1,9-12,15-16,22H,4-8,13-14H2,2H3,(H,24,27);1,7-9,12-16,21H,4-6,10-11H2,2H3,(H,23,26);1-2H3. The van der Waals surface area contributed by atoms with E-state index in [0.29, 0.717) is 28.8 Å². The van der Waals surface area contributed by atoms with Crippen LogP contribution in [-0.2, 0) is 19.2 Å². The predicted molar refractivity (Wildman–Crippen MR) is 245 cm³/mol. The highest BCUT2D eigenvalue weighted by Crippen LogP contribution is 2.40. The van der Waals surface area contributed by atoms with E-state index in [4.69, 9.17) is 22.3 Å². The molecule has 318 valence electrons. The van der Waals surface area contributed by atoms with E-state index in [-0.39, 0.29) is 30.7 Å². The Balaban J connectivity index is 0.000000219. The third-order valence-electron chi connectivity index (χ3n) is 10.6. The van der Waals surface area contributed by atoms with Crippen molar-refractivity contribution in [2.24, 2.45) is 5.92 Å². The van der Waals surface area contributed by atoms with Crippen molar-refractivity contribution in [3.63, 3.8) is 0 Å². The summed E-state index contributed by atoms with van der Waals surface area (Å²) in [5.74, 6) is 5.34. The summed E-state index contributed by atoms with van der Waals surface area (Å²) in [6, 6.07) is 15.2. The fourth-order valence-corrected chi connectivity index (χ4v) is 10.4. The Hall–Kier alpha value is -4.82. The predicted octanol–water partition coefficient (Wildman–Crippen LogP) is 9.12. The van der Waals surface area contributed by atoms with E-state index in [0.717, 1.165) is 71.8 Å². The molecule has 2 saturated carbocycles. The molecule has 13 heteroatoms. The van der Waals surface area contributed by atoms with Gasteiger partial charge in [-0.3, -0.25) is 29.0 Å². The van der Waals surface area contributed by atoms with Crippen LogP contribution >= 0.6 is 34.9 Å². The fourth-order valence-electron chi connectivity index (χ4n) is 7.78. The molecule has 4 aliphatic rings. The number of amides is 4. The zero-order valence-electron chi connectivity index (χ0n) is 34.9. The Morgan fingerprint density at radius 1 is 0.783 bits per heavy atom. The van der Waals surface area contributed by atoms with Crippen LogP contribution in [-0.4, -0.2) is 60.6 Å². The second-order valence-corrected chi connectivity index (χ2v) is 17.6. The van der Waals surface area contributed by atoms with Crippen LogP contribution < -0.4 is 29.9 Å². The van der Waals surface area contributed by atoms with Crippen LogP contribution in [0.3, 0.4) is 0 Å². The quantitative estimate of drug-likeness (QED) is 0.145. The van der Waals surface area contributed by atoms with Gasteiger partial charge in [0, 0.05) is 44.3 Å². The fraction of sp³-hybridized carbons (Fsp3) is 0.447. The number of rotatable bonds is 11. The number of benzene rings is 2. The summed E-state index contributed by atoms with van der Waals surface area (Å²) in [7, 11) is 0. The van der Waals surface area contributed by atoms with Crippen molar-refractivity contribution in [3.8, 4) is 36.2 Å². The molecule has 4 amide bonds. The summed E-state index contributed by atoms with van der Waals surface area (Å²) in [5.41, 5.74) is 1.18. The highest BCUT2D eigenvalue weighted by molar-refractivity contribution is 8.03. The Morgan fingerprint density at radius 3 is 1.95 bits per heavy atom. The van der Waals surface area contributed by atoms with Crippen LogP contribution in [0.25, 0.3) is 0 Å². The van der Waals surface area contributed by atoms with E-state index in [2.05, 4.69) is 35.5 Å². The molecule has 0 spiro atoms. The number of allylic oxidation sites excluding steroid dienone is 1. The summed E-state index contributed by atoms with van der Waals surface area (Å²) in [4.78, 5) is 58.0. The van der Waals surface area contributed by atoms with Gasteiger partial charge in [0.2, 0.25) is 18.6 Å². The molecule has 0 saturated heterocycles. The number of ether oxygens (including phenoxy) is 2. The first-order chi connectivity index (χ1) is 29.2. The van der Waals surface area contributed by atoms with Crippen LogP contribution in [0.2, 0.25) is 0 Å². The van der Waals surface area contributed by atoms with Crippen molar-refractivity contribution in [3.05, 3.63) is 75.8 Å². The van der Waals surface area contributed by atoms with Gasteiger partial charge in [-0.05, 0) is 85.4 Å². The molecule has 1 aromatic heterocycles. The maximum Gasteiger partial charge on any atom is 0.303 e. The molecule has 2 fully saturated rings. The number of hydrogen-bond acceptors (Lipinski definition) is 9. The van der Waals surface area contributed by atoms with E-state index >= 15 is 0 Å². The van der Waals surface area contributed by atoms with Crippen molar-refractivity contribution in [2.45, 2.75) is 114 Å². The molecule has 7 rings (SSSR count). The summed E-state index contributed by atoms with van der Waals surface area (Å²) < 4.78 is 10.9. The molecule has 0 radical (unpaired) electrons. The Kier molecular flexibility index (Phi) is 17.9. The Bertz CT molecular complexity index is 2050. The van der Waals surface area contributed by atoms with Crippen molar-refractivity contribution < 1.29 is 28.7 Å². The van der Waals surface area contributed by atoms with Gasteiger partial charge in [-0.15, -0.1) is 47.7 Å². The van der Waals surface area contributed by atoms with E-state index in [1.54, 1.807) is 30.0 Å². The average Bonchev–Trinajstić information content (AvgIpc) is 4.09. The van der Waals surface area contributed by atoms with Crippen LogP contribution in [0.4, 0.5) is 11.4 Å². The lowest BCUT2D eigenvalue weighted by atomic mass is 9.95. The van der Waals surface area contributed by atoms with Gasteiger partial charge in [0.05, 0.1) is 5.69 Å². The summed E-state index contributed by atoms with van der Waals surface area (Å²) in [6.07, 6.45) is 25.8. The third kappa shape index (κ3) is 11.7. The number of thioether (sulfide) groups is 2. The van der Waals surface area contributed by atoms with E-state index in [1.165, 1.54) is 45.7 Å². The van der Waals surface area contributed by atoms with E-state index in [9.17, 15) is 19.2 Å². The molecule has 2 aromatic carbocycles. The molecule has 3 atom stereocenters. The topological polar surface area (TPSA) is 117 Å². The number of thiophene rings is 1. The van der Waals surface area contributed by atoms with Gasteiger partial charge in [-0.2, -0.15) is 0 Å². The second-order valence-electron chi connectivity index (χ2n) is 14.7. The summed E-state index contributed by atoms with van der Waals surface area (Å²) in [5, 5.41) is 8.26. The first-order valence-corrected chi connectivity index (χ1v) is 23.9. The number of fused-ring (bicyclic) bond motifs is 1. The molecular formula is C47H56N4O6S3. The summed E-state index contributed by atoms with van der Waals surface area (Å²) >= 11 is 4.59. The molecule has 2 aliphatic heterocycles. The third-order valence-corrected chi connectivity index (χ3v) is 13.7. The van der Waals surface area contributed by atoms with Gasteiger partial charge in [0.25, 0.3) is 0 Å². The highest BCUT2D eigenvalue weighted by Gasteiger charge is 2.38. The molecule has 0 bridgehead atoms. The van der Waals surface area contributed by atoms with Gasteiger partial charge < -0.3 is 20.1 Å². The minimum atomic E-state index is -0.800. The smallest absolute Gasteiger partial charge is 0.303 e. The van der Waals surface area contributed by atoms with Crippen molar-refractivity contribution in [1.29, 1.82) is 0 Å². The zero-order chi connectivity index (χ0) is 43.0. The SMILES string of the molecule is C#CC(=O)N(c1ccc2c(c1)OCO2)C(C(=O)NC1CCCCC1)C1=CC(C)CS1.C#CC(=O)N(c1ccccc1SC)C(C(=O)NC1CCCCC1)c1cccs1.CC. The molecule has 60 heavy (non-hydrogen) atoms. The Morgan fingerprint density at radius 2 is 1.38 bits per heavy atom. The largest absolute Gasteiger partial charge is 0.454 e. The molecule has 3 aromatic rings. The van der Waals surface area contributed by atoms with Gasteiger partial charge in [0.15, 0.2) is 17.5 Å². The molecule has 3 unspecified atom stereocenters. The van der Waals surface area contributed by atoms with Gasteiger partial charge in [-0.1, -0.05) is 83.6 Å². The monoisotopic (exact) mass is 868 g/mol. The number of nitrogens with zero attached hydrogens (tertiary/aromatic N) is 2. The first kappa shape index (κ1) is 46.2. The molecule has 10 nitrogen and oxygen atoms in total. The van der Waals surface area contributed by atoms with Gasteiger partial charge in [-0.25, -0.2) is 0 Å². The number of para-hydroxylation sites is 1. The van der Waals surface area contributed by atoms with Crippen molar-refractivity contribution in [2.75, 3.05) is 28.6 Å². The minimum absolute atomic E-state index is 0.131. The maximum atomic E-state index is 13.5. The molecular weight excluding hydrogens is 813 g/mol. The maximum absolute atomic E-state index is 13.5. The number of terminal acetylenes is 2. The lowest BCUT2D eigenvalue weighted by Crippen LogP contribution is -2.52. The van der Waals surface area contributed by atoms with E-state index in [1.807, 2.05) is 61.9 Å². The molecule has 3 heterocycles. The Labute approximate surface area is 368 Å².